The highest BCUT2D eigenvalue weighted by Gasteiger charge is 2.50. The van der Waals surface area contributed by atoms with E-state index in [0.717, 1.165) is 30.5 Å². The summed E-state index contributed by atoms with van der Waals surface area (Å²) in [6.45, 7) is 1.76. The maximum atomic E-state index is 15.1. The summed E-state index contributed by atoms with van der Waals surface area (Å²) in [7, 11) is 0. The highest BCUT2D eigenvalue weighted by atomic mass is 19.3. The number of anilines is 1. The number of hydrogen-bond acceptors (Lipinski definition) is 7. The second-order valence-corrected chi connectivity index (χ2v) is 11.9. The maximum Gasteiger partial charge on any atom is 0.586 e. The lowest BCUT2D eigenvalue weighted by molar-refractivity contribution is -0.286. The van der Waals surface area contributed by atoms with E-state index in [0.29, 0.717) is 36.4 Å². The summed E-state index contributed by atoms with van der Waals surface area (Å²) in [5, 5.41) is 27.3. The molecule has 0 saturated heterocycles. The van der Waals surface area contributed by atoms with Crippen molar-refractivity contribution in [2.45, 2.75) is 70.0 Å². The van der Waals surface area contributed by atoms with Gasteiger partial charge in [0.25, 0.3) is 0 Å². The van der Waals surface area contributed by atoms with Crippen molar-refractivity contribution in [3.05, 3.63) is 64.7 Å². The molecule has 9 nitrogen and oxygen atoms in total. The molecule has 2 heterocycles. The van der Waals surface area contributed by atoms with E-state index in [2.05, 4.69) is 26.0 Å². The minimum atomic E-state index is -3.74. The topological polar surface area (TPSA) is 119 Å². The summed E-state index contributed by atoms with van der Waals surface area (Å²) in [6, 6.07) is 10.6. The van der Waals surface area contributed by atoms with Crippen molar-refractivity contribution >= 4 is 11.7 Å². The number of carbonyl (C=O) groups is 1. The average molecular weight is 595 g/mol. The second kappa shape index (κ2) is 10.2. The fourth-order valence-corrected chi connectivity index (χ4v) is 7.02. The number of carboxylic acid groups (broad SMARTS) is 1. The molecule has 3 saturated carbocycles. The predicted octanol–water partition coefficient (Wildman–Crippen LogP) is 6.27. The fourth-order valence-electron chi connectivity index (χ4n) is 7.02. The number of carboxylic acids is 1. The third-order valence-electron chi connectivity index (χ3n) is 9.27. The van der Waals surface area contributed by atoms with Crippen molar-refractivity contribution in [2.24, 2.45) is 17.8 Å². The molecule has 43 heavy (non-hydrogen) atoms. The van der Waals surface area contributed by atoms with E-state index in [1.807, 2.05) is 0 Å². The number of halogens is 3. The third kappa shape index (κ3) is 4.85. The fraction of sp³-hybridized carbons (Fsp3) is 0.452. The van der Waals surface area contributed by atoms with Gasteiger partial charge in [-0.1, -0.05) is 6.07 Å². The number of alkyl halides is 2. The molecule has 224 valence electrons. The molecule has 3 aromatic rings. The Balaban J connectivity index is 1.17. The van der Waals surface area contributed by atoms with E-state index < -0.39 is 30.0 Å². The number of hydrogen-bond donors (Lipinski definition) is 2. The smallest absolute Gasteiger partial charge is 0.481 e. The Bertz CT molecular complexity index is 1650. The number of nitrogens with one attached hydrogen (secondary N) is 1. The zero-order chi connectivity index (χ0) is 30.0. The summed E-state index contributed by atoms with van der Waals surface area (Å²) >= 11 is 0. The molecule has 2 bridgehead atoms. The van der Waals surface area contributed by atoms with Crippen molar-refractivity contribution < 1.29 is 37.3 Å². The molecule has 1 aliphatic heterocycles. The van der Waals surface area contributed by atoms with Crippen LogP contribution in [0, 0.1) is 34.9 Å². The van der Waals surface area contributed by atoms with Crippen LogP contribution in [0.25, 0.3) is 5.69 Å². The number of aromatic nitrogens is 2. The van der Waals surface area contributed by atoms with Gasteiger partial charge in [-0.2, -0.15) is 10.4 Å². The Labute approximate surface area is 245 Å². The molecule has 1 aromatic heterocycles. The Morgan fingerprint density at radius 2 is 1.98 bits per heavy atom. The van der Waals surface area contributed by atoms with Crippen molar-refractivity contribution in [2.75, 3.05) is 5.32 Å². The summed E-state index contributed by atoms with van der Waals surface area (Å²) in [6.07, 6.45) is -0.00224. The van der Waals surface area contributed by atoms with Gasteiger partial charge in [0.1, 0.15) is 18.0 Å². The molecule has 2 N–H and O–H groups in total. The summed E-state index contributed by atoms with van der Waals surface area (Å²) < 4.78 is 59.3. The first-order chi connectivity index (χ1) is 20.6. The third-order valence-corrected chi connectivity index (χ3v) is 9.27. The van der Waals surface area contributed by atoms with Crippen molar-refractivity contribution in [1.82, 2.24) is 9.78 Å². The van der Waals surface area contributed by atoms with Crippen LogP contribution in [0.15, 0.2) is 36.4 Å². The van der Waals surface area contributed by atoms with E-state index in [1.54, 1.807) is 29.8 Å². The Kier molecular flexibility index (Phi) is 6.54. The van der Waals surface area contributed by atoms with Crippen LogP contribution >= 0.6 is 0 Å². The predicted molar refractivity (Wildman–Crippen MR) is 145 cm³/mol. The molecule has 2 aromatic carbocycles. The Hall–Kier alpha value is -4.24. The SMILES string of the molecule is C[C@H](Nc1cc(-n2nc(C#N)c3c2[C@H](OC2CC(C(=O)O)C4CC2C4)CCC3)ccc1F)c1ccc2c(c1)OC(F)(F)O2. The van der Waals surface area contributed by atoms with E-state index in [-0.39, 0.29) is 41.0 Å². The molecule has 4 aliphatic carbocycles. The van der Waals surface area contributed by atoms with Crippen molar-refractivity contribution in [3.8, 4) is 23.3 Å². The first-order valence-electron chi connectivity index (χ1n) is 14.5. The summed E-state index contributed by atoms with van der Waals surface area (Å²) in [5.74, 6) is -1.36. The first-order valence-corrected chi connectivity index (χ1v) is 14.5. The van der Waals surface area contributed by atoms with Gasteiger partial charge in [-0.25, -0.2) is 9.07 Å². The molecular weight excluding hydrogens is 565 g/mol. The highest BCUT2D eigenvalue weighted by molar-refractivity contribution is 5.71. The van der Waals surface area contributed by atoms with Gasteiger partial charge in [-0.3, -0.25) is 4.79 Å². The maximum absolute atomic E-state index is 15.1. The van der Waals surface area contributed by atoms with Crippen LogP contribution in [0.4, 0.5) is 18.9 Å². The molecule has 0 amide bonds. The van der Waals surface area contributed by atoms with Crippen LogP contribution in [0.2, 0.25) is 0 Å². The van der Waals surface area contributed by atoms with Crippen LogP contribution in [-0.2, 0) is 16.0 Å². The van der Waals surface area contributed by atoms with Gasteiger partial charge in [0.15, 0.2) is 17.2 Å². The number of nitriles is 1. The second-order valence-electron chi connectivity index (χ2n) is 11.9. The highest BCUT2D eigenvalue weighted by Crippen LogP contribution is 2.52. The quantitative estimate of drug-likeness (QED) is 0.329. The lowest BCUT2D eigenvalue weighted by Crippen LogP contribution is -2.49. The lowest BCUT2D eigenvalue weighted by atomic mass is 9.58. The number of aliphatic carboxylic acids is 1. The lowest BCUT2D eigenvalue weighted by Gasteiger charge is -2.50. The van der Waals surface area contributed by atoms with Gasteiger partial charge in [-0.15, -0.1) is 8.78 Å². The molecular formula is C31H29F3N4O5. The number of nitrogens with zero attached hydrogens (tertiary/aromatic N) is 3. The molecule has 0 spiro atoms. The zero-order valence-electron chi connectivity index (χ0n) is 23.2. The number of fused-ring (bicyclic) bond motifs is 4. The normalized spacial score (nSPS) is 27.0. The first kappa shape index (κ1) is 27.6. The molecule has 8 rings (SSSR count). The minimum Gasteiger partial charge on any atom is -0.481 e. The minimum absolute atomic E-state index is 0.0773. The average Bonchev–Trinajstić information content (AvgIpc) is 3.49. The van der Waals surface area contributed by atoms with Crippen molar-refractivity contribution in [1.29, 1.82) is 5.26 Å². The van der Waals surface area contributed by atoms with Gasteiger partial charge in [0.2, 0.25) is 0 Å². The molecule has 2 unspecified atom stereocenters. The molecule has 5 aliphatic rings. The van der Waals surface area contributed by atoms with Crippen LogP contribution in [0.1, 0.15) is 73.7 Å². The van der Waals surface area contributed by atoms with Crippen LogP contribution in [0.5, 0.6) is 11.5 Å². The van der Waals surface area contributed by atoms with Crippen LogP contribution in [-0.4, -0.2) is 33.3 Å². The van der Waals surface area contributed by atoms with Gasteiger partial charge < -0.3 is 24.6 Å². The van der Waals surface area contributed by atoms with Gasteiger partial charge in [0, 0.05) is 11.6 Å². The monoisotopic (exact) mass is 594 g/mol. The Morgan fingerprint density at radius 3 is 2.74 bits per heavy atom. The number of benzene rings is 2. The van der Waals surface area contributed by atoms with Gasteiger partial charge in [-0.05, 0) is 93.2 Å². The van der Waals surface area contributed by atoms with E-state index in [4.69, 9.17) is 4.74 Å². The standard InChI is InChI=1S/C31H29F3N4O5/c1-15(16-5-8-25-28(11-16)43-31(33,34)42-25)36-23-12-19(6-7-22(23)32)38-29-20(24(14-35)37-38)3-2-4-26(29)41-27-13-21(30(39)40)17-9-18(27)10-17/h5-8,11-12,15,17-18,21,26-27,36H,2-4,9-10,13H2,1H3,(H,39,40)/t15-,17?,18?,21?,26+,27?/m0/s1. The largest absolute Gasteiger partial charge is 0.586 e. The summed E-state index contributed by atoms with van der Waals surface area (Å²) in [5.41, 5.74) is 3.06. The van der Waals surface area contributed by atoms with Crippen LogP contribution in [0.3, 0.4) is 0 Å². The van der Waals surface area contributed by atoms with Crippen molar-refractivity contribution in [3.63, 3.8) is 0 Å². The van der Waals surface area contributed by atoms with Gasteiger partial charge >= 0.3 is 12.3 Å². The molecule has 3 fully saturated rings. The zero-order valence-corrected chi connectivity index (χ0v) is 23.2. The Morgan fingerprint density at radius 1 is 1.19 bits per heavy atom. The van der Waals surface area contributed by atoms with Crippen LogP contribution < -0.4 is 14.8 Å². The summed E-state index contributed by atoms with van der Waals surface area (Å²) in [4.78, 5) is 11.8. The number of rotatable bonds is 7. The van der Waals surface area contributed by atoms with E-state index >= 15 is 4.39 Å². The van der Waals surface area contributed by atoms with E-state index in [9.17, 15) is 23.9 Å². The molecule has 4 atom stereocenters. The van der Waals surface area contributed by atoms with E-state index in [1.165, 1.54) is 18.2 Å². The molecule has 0 radical (unpaired) electrons. The number of ether oxygens (including phenoxy) is 3. The molecule has 12 heteroatoms. The van der Waals surface area contributed by atoms with Gasteiger partial charge in [0.05, 0.1) is 29.1 Å².